The van der Waals surface area contributed by atoms with Crippen LogP contribution in [0.5, 0.6) is 0 Å². The van der Waals surface area contributed by atoms with Gasteiger partial charge in [0.2, 0.25) is 0 Å². The zero-order chi connectivity index (χ0) is 15.7. The molecule has 1 aromatic heterocycles. The SMILES string of the molecule is CC(C)(SCC1CC1)C(=O)Cc1ccc(C(F)(F)F)cn1. The number of Topliss-reactive ketones (excluding diaryl/α,β-unsaturated/α-hetero) is 1. The molecular formula is C15H18F3NOS. The fourth-order valence-corrected chi connectivity index (χ4v) is 2.98. The van der Waals surface area contributed by atoms with Crippen LogP contribution in [0, 0.1) is 5.92 Å². The molecule has 21 heavy (non-hydrogen) atoms. The third kappa shape index (κ3) is 4.73. The van der Waals surface area contributed by atoms with E-state index in [-0.39, 0.29) is 12.2 Å². The van der Waals surface area contributed by atoms with Crippen molar-refractivity contribution in [2.45, 2.75) is 44.0 Å². The second kappa shape index (κ2) is 5.99. The molecule has 0 unspecified atom stereocenters. The normalized spacial score (nSPS) is 16.0. The number of aromatic nitrogens is 1. The van der Waals surface area contributed by atoms with Crippen molar-refractivity contribution in [3.63, 3.8) is 0 Å². The molecule has 1 aliphatic rings. The van der Waals surface area contributed by atoms with Gasteiger partial charge in [0.15, 0.2) is 5.78 Å². The number of hydrogen-bond donors (Lipinski definition) is 0. The Kier molecular flexibility index (Phi) is 4.66. The lowest BCUT2D eigenvalue weighted by molar-refractivity contribution is -0.137. The van der Waals surface area contributed by atoms with Crippen molar-refractivity contribution in [2.24, 2.45) is 5.92 Å². The largest absolute Gasteiger partial charge is 0.417 e. The zero-order valence-corrected chi connectivity index (χ0v) is 12.9. The van der Waals surface area contributed by atoms with E-state index in [1.165, 1.54) is 18.9 Å². The van der Waals surface area contributed by atoms with E-state index < -0.39 is 16.5 Å². The number of carbonyl (C=O) groups is 1. The van der Waals surface area contributed by atoms with Gasteiger partial charge in [-0.05, 0) is 50.5 Å². The Balaban J connectivity index is 1.94. The molecule has 1 fully saturated rings. The van der Waals surface area contributed by atoms with Crippen molar-refractivity contribution < 1.29 is 18.0 Å². The van der Waals surface area contributed by atoms with Gasteiger partial charge >= 0.3 is 6.18 Å². The Morgan fingerprint density at radius 3 is 2.48 bits per heavy atom. The first-order chi connectivity index (χ1) is 9.68. The van der Waals surface area contributed by atoms with Gasteiger partial charge in [-0.15, -0.1) is 11.8 Å². The topological polar surface area (TPSA) is 30.0 Å². The molecule has 0 atom stereocenters. The highest BCUT2D eigenvalue weighted by Gasteiger charge is 2.33. The summed E-state index contributed by atoms with van der Waals surface area (Å²) < 4.78 is 36.8. The highest BCUT2D eigenvalue weighted by atomic mass is 32.2. The first-order valence-electron chi connectivity index (χ1n) is 6.88. The molecule has 0 aromatic carbocycles. The number of rotatable bonds is 6. The number of halogens is 3. The number of hydrogen-bond acceptors (Lipinski definition) is 3. The Hall–Kier alpha value is -1.04. The summed E-state index contributed by atoms with van der Waals surface area (Å²) in [7, 11) is 0. The molecule has 1 saturated carbocycles. The Morgan fingerprint density at radius 1 is 1.33 bits per heavy atom. The van der Waals surface area contributed by atoms with Crippen LogP contribution in [0.1, 0.15) is 37.9 Å². The van der Waals surface area contributed by atoms with Gasteiger partial charge in [0.05, 0.1) is 16.7 Å². The fraction of sp³-hybridized carbons (Fsp3) is 0.600. The predicted octanol–water partition coefficient (Wildman–Crippen LogP) is 4.13. The predicted molar refractivity (Wildman–Crippen MR) is 77.2 cm³/mol. The Bertz CT molecular complexity index is 507. The molecule has 0 saturated heterocycles. The molecule has 1 heterocycles. The van der Waals surface area contributed by atoms with Crippen LogP contribution in [-0.2, 0) is 17.4 Å². The van der Waals surface area contributed by atoms with Crippen molar-refractivity contribution >= 4 is 17.5 Å². The highest BCUT2D eigenvalue weighted by molar-refractivity contribution is 8.01. The number of nitrogens with zero attached hydrogens (tertiary/aromatic N) is 1. The summed E-state index contributed by atoms with van der Waals surface area (Å²) >= 11 is 1.63. The van der Waals surface area contributed by atoms with Gasteiger partial charge in [0.25, 0.3) is 0 Å². The first kappa shape index (κ1) is 16.3. The molecule has 0 spiro atoms. The molecule has 1 aliphatic carbocycles. The number of ketones is 1. The molecule has 0 aliphatic heterocycles. The average Bonchev–Trinajstić information content (AvgIpc) is 3.20. The standard InChI is InChI=1S/C15H18F3NOS/c1-14(2,21-9-10-3-4-10)13(20)7-12-6-5-11(8-19-12)15(16,17)18/h5-6,8,10H,3-4,7,9H2,1-2H3. The van der Waals surface area contributed by atoms with Crippen molar-refractivity contribution in [3.8, 4) is 0 Å². The van der Waals surface area contributed by atoms with E-state index in [9.17, 15) is 18.0 Å². The van der Waals surface area contributed by atoms with Crippen molar-refractivity contribution in [2.75, 3.05) is 5.75 Å². The number of alkyl halides is 3. The van der Waals surface area contributed by atoms with E-state index in [4.69, 9.17) is 0 Å². The summed E-state index contributed by atoms with van der Waals surface area (Å²) in [6, 6.07) is 2.25. The van der Waals surface area contributed by atoms with Crippen LogP contribution >= 0.6 is 11.8 Å². The molecule has 116 valence electrons. The lowest BCUT2D eigenvalue weighted by Crippen LogP contribution is -2.30. The minimum absolute atomic E-state index is 0.000378. The maximum absolute atomic E-state index is 12.4. The second-order valence-electron chi connectivity index (χ2n) is 5.90. The first-order valence-corrected chi connectivity index (χ1v) is 7.86. The number of carbonyl (C=O) groups excluding carboxylic acids is 1. The minimum atomic E-state index is -4.39. The third-order valence-electron chi connectivity index (χ3n) is 3.54. The quantitative estimate of drug-likeness (QED) is 0.790. The molecule has 2 rings (SSSR count). The summed E-state index contributed by atoms with van der Waals surface area (Å²) in [5.41, 5.74) is -0.408. The lowest BCUT2D eigenvalue weighted by atomic mass is 10.0. The molecule has 0 N–H and O–H groups in total. The molecule has 0 amide bonds. The van der Waals surface area contributed by atoms with Gasteiger partial charge in [0.1, 0.15) is 0 Å². The molecule has 1 aromatic rings. The van der Waals surface area contributed by atoms with Crippen LogP contribution in [0.2, 0.25) is 0 Å². The molecular weight excluding hydrogens is 299 g/mol. The van der Waals surface area contributed by atoms with E-state index in [0.717, 1.165) is 23.9 Å². The fourth-order valence-electron chi connectivity index (χ4n) is 1.77. The van der Waals surface area contributed by atoms with E-state index in [2.05, 4.69) is 4.98 Å². The Morgan fingerprint density at radius 2 is 2.00 bits per heavy atom. The van der Waals surface area contributed by atoms with E-state index >= 15 is 0 Å². The average molecular weight is 317 g/mol. The van der Waals surface area contributed by atoms with E-state index in [1.54, 1.807) is 11.8 Å². The summed E-state index contributed by atoms with van der Waals surface area (Å²) in [5.74, 6) is 1.70. The van der Waals surface area contributed by atoms with Gasteiger partial charge in [-0.1, -0.05) is 0 Å². The van der Waals surface area contributed by atoms with E-state index in [0.29, 0.717) is 5.69 Å². The van der Waals surface area contributed by atoms with Crippen LogP contribution in [0.3, 0.4) is 0 Å². The number of thioether (sulfide) groups is 1. The van der Waals surface area contributed by atoms with Crippen LogP contribution in [0.25, 0.3) is 0 Å². The van der Waals surface area contributed by atoms with Gasteiger partial charge in [-0.2, -0.15) is 13.2 Å². The summed E-state index contributed by atoms with van der Waals surface area (Å²) in [5, 5.41) is 0. The molecule has 6 heteroatoms. The lowest BCUT2D eigenvalue weighted by Gasteiger charge is -2.22. The summed E-state index contributed by atoms with van der Waals surface area (Å²) in [6.45, 7) is 3.74. The van der Waals surface area contributed by atoms with Crippen molar-refractivity contribution in [1.82, 2.24) is 4.98 Å². The Labute approximate surface area is 126 Å². The van der Waals surface area contributed by atoms with Crippen LogP contribution < -0.4 is 0 Å². The zero-order valence-electron chi connectivity index (χ0n) is 12.0. The molecule has 0 radical (unpaired) electrons. The third-order valence-corrected chi connectivity index (χ3v) is 5.13. The van der Waals surface area contributed by atoms with Gasteiger partial charge in [-0.3, -0.25) is 9.78 Å². The van der Waals surface area contributed by atoms with E-state index in [1.807, 2.05) is 13.8 Å². The van der Waals surface area contributed by atoms with Gasteiger partial charge in [0, 0.05) is 11.9 Å². The van der Waals surface area contributed by atoms with Crippen LogP contribution in [0.15, 0.2) is 18.3 Å². The molecule has 0 bridgehead atoms. The highest BCUT2D eigenvalue weighted by Crippen LogP contribution is 2.37. The smallest absolute Gasteiger partial charge is 0.298 e. The van der Waals surface area contributed by atoms with Crippen LogP contribution in [-0.4, -0.2) is 21.3 Å². The van der Waals surface area contributed by atoms with Gasteiger partial charge in [-0.25, -0.2) is 0 Å². The van der Waals surface area contributed by atoms with Crippen molar-refractivity contribution in [1.29, 1.82) is 0 Å². The summed E-state index contributed by atoms with van der Waals surface area (Å²) in [4.78, 5) is 16.0. The molecule has 2 nitrogen and oxygen atoms in total. The minimum Gasteiger partial charge on any atom is -0.298 e. The maximum Gasteiger partial charge on any atom is 0.417 e. The summed E-state index contributed by atoms with van der Waals surface area (Å²) in [6.07, 6.45) is -1.07. The maximum atomic E-state index is 12.4. The van der Waals surface area contributed by atoms with Gasteiger partial charge < -0.3 is 0 Å². The number of pyridine rings is 1. The van der Waals surface area contributed by atoms with Crippen LogP contribution in [0.4, 0.5) is 13.2 Å². The second-order valence-corrected chi connectivity index (χ2v) is 7.54. The van der Waals surface area contributed by atoms with Crippen molar-refractivity contribution in [3.05, 3.63) is 29.6 Å². The monoisotopic (exact) mass is 317 g/mol.